The lowest BCUT2D eigenvalue weighted by Crippen LogP contribution is -2.32. The molecule has 1 heterocycles. The van der Waals surface area contributed by atoms with E-state index in [0.29, 0.717) is 16.7 Å². The second kappa shape index (κ2) is 4.87. The molecule has 0 aliphatic carbocycles. The molecular weight excluding hydrogens is 172 g/mol. The number of hydrogen-bond donors (Lipinski definition) is 0. The first-order chi connectivity index (χ1) is 5.70. The normalized spacial score (nSPS) is 19.9. The number of carbonyl (C=O) groups excluding carboxylic acids is 1. The third-order valence-electron chi connectivity index (χ3n) is 2.02. The summed E-state index contributed by atoms with van der Waals surface area (Å²) >= 11 is 0. The summed E-state index contributed by atoms with van der Waals surface area (Å²) in [6, 6.07) is 0. The lowest BCUT2D eigenvalue weighted by molar-refractivity contribution is -0.119. The van der Waals surface area contributed by atoms with Crippen LogP contribution in [0.3, 0.4) is 0 Å². The van der Waals surface area contributed by atoms with Gasteiger partial charge in [-0.15, -0.1) is 0 Å². The molecule has 0 bridgehead atoms. The number of ether oxygens (including phenoxy) is 1. The van der Waals surface area contributed by atoms with Gasteiger partial charge in [0, 0.05) is 5.92 Å². The van der Waals surface area contributed by atoms with Gasteiger partial charge in [0.1, 0.15) is 11.5 Å². The zero-order chi connectivity index (χ0) is 8.97. The Labute approximate surface area is 77.0 Å². The average Bonchev–Trinajstić information content (AvgIpc) is 2.06. The highest BCUT2D eigenvalue weighted by atomic mass is 32.2. The molecule has 12 heavy (non-hydrogen) atoms. The first-order valence-electron chi connectivity index (χ1n) is 4.44. The van der Waals surface area contributed by atoms with Crippen LogP contribution in [-0.2, 0) is 20.4 Å². The summed E-state index contributed by atoms with van der Waals surface area (Å²) < 4.78 is 5.24. The van der Waals surface area contributed by atoms with Gasteiger partial charge in [0.2, 0.25) is 0 Å². The van der Waals surface area contributed by atoms with Crippen molar-refractivity contribution in [2.75, 3.05) is 30.5 Å². The van der Waals surface area contributed by atoms with Crippen molar-refractivity contribution in [3.8, 4) is 0 Å². The van der Waals surface area contributed by atoms with E-state index in [9.17, 15) is 4.79 Å². The van der Waals surface area contributed by atoms with Gasteiger partial charge in [0.25, 0.3) is 0 Å². The van der Waals surface area contributed by atoms with E-state index < -0.39 is 0 Å². The second-order valence-electron chi connectivity index (χ2n) is 3.40. The maximum absolute atomic E-state index is 11.4. The van der Waals surface area contributed by atoms with Gasteiger partial charge in [-0.25, -0.2) is 0 Å². The minimum absolute atomic E-state index is 0.209. The Balaban J connectivity index is 2.24. The number of rotatable bonds is 3. The maximum Gasteiger partial charge on any atom is 0.184 e. The SMILES string of the molecule is CC(C)C(=O)C[S+]1CCOCC1. The number of ketones is 1. The first-order valence-corrected chi connectivity index (χ1v) is 6.18. The summed E-state index contributed by atoms with van der Waals surface area (Å²) in [6.07, 6.45) is 0. The van der Waals surface area contributed by atoms with E-state index in [4.69, 9.17) is 4.74 Å². The second-order valence-corrected chi connectivity index (χ2v) is 5.73. The van der Waals surface area contributed by atoms with Crippen molar-refractivity contribution in [1.29, 1.82) is 0 Å². The van der Waals surface area contributed by atoms with Crippen LogP contribution in [0.4, 0.5) is 0 Å². The average molecular weight is 189 g/mol. The van der Waals surface area contributed by atoms with Crippen LogP contribution >= 0.6 is 0 Å². The molecule has 1 saturated heterocycles. The van der Waals surface area contributed by atoms with Crippen molar-refractivity contribution in [2.24, 2.45) is 5.92 Å². The Morgan fingerprint density at radius 2 is 2.00 bits per heavy atom. The number of carbonyl (C=O) groups is 1. The third kappa shape index (κ3) is 3.15. The highest BCUT2D eigenvalue weighted by Gasteiger charge is 2.26. The van der Waals surface area contributed by atoms with E-state index in [1.807, 2.05) is 13.8 Å². The molecule has 0 unspecified atom stereocenters. The molecule has 1 aliphatic heterocycles. The van der Waals surface area contributed by atoms with E-state index in [0.717, 1.165) is 30.5 Å². The molecule has 0 radical (unpaired) electrons. The maximum atomic E-state index is 11.4. The van der Waals surface area contributed by atoms with Crippen molar-refractivity contribution in [3.05, 3.63) is 0 Å². The highest BCUT2D eigenvalue weighted by Crippen LogP contribution is 2.07. The van der Waals surface area contributed by atoms with Crippen LogP contribution in [0.15, 0.2) is 0 Å². The summed E-state index contributed by atoms with van der Waals surface area (Å²) in [5, 5.41) is 0. The Morgan fingerprint density at radius 3 is 2.50 bits per heavy atom. The highest BCUT2D eigenvalue weighted by molar-refractivity contribution is 7.97. The minimum Gasteiger partial charge on any atom is -0.372 e. The van der Waals surface area contributed by atoms with Crippen LogP contribution in [-0.4, -0.2) is 36.3 Å². The Hall–Kier alpha value is -0.0200. The van der Waals surface area contributed by atoms with Crippen LogP contribution in [0.25, 0.3) is 0 Å². The van der Waals surface area contributed by atoms with Gasteiger partial charge in [0.15, 0.2) is 11.5 Å². The number of Topliss-reactive ketones (excluding diaryl/α,β-unsaturated/α-hetero) is 1. The smallest absolute Gasteiger partial charge is 0.184 e. The topological polar surface area (TPSA) is 26.3 Å². The molecule has 0 saturated carbocycles. The summed E-state index contributed by atoms with van der Waals surface area (Å²) in [6.45, 7) is 5.67. The molecular formula is C9H17O2S+. The minimum atomic E-state index is 0.209. The molecule has 0 atom stereocenters. The van der Waals surface area contributed by atoms with Gasteiger partial charge in [0.05, 0.1) is 13.2 Å². The Morgan fingerprint density at radius 1 is 1.42 bits per heavy atom. The standard InChI is InChI=1S/C9H17O2S/c1-8(2)9(10)7-12-5-3-11-4-6-12/h8H,3-7H2,1-2H3/q+1. The van der Waals surface area contributed by atoms with Crippen LogP contribution in [0, 0.1) is 5.92 Å². The van der Waals surface area contributed by atoms with Gasteiger partial charge in [-0.3, -0.25) is 4.79 Å². The van der Waals surface area contributed by atoms with Crippen molar-refractivity contribution in [2.45, 2.75) is 13.8 Å². The quantitative estimate of drug-likeness (QED) is 0.616. The van der Waals surface area contributed by atoms with E-state index in [-0.39, 0.29) is 5.92 Å². The molecule has 1 aliphatic rings. The van der Waals surface area contributed by atoms with Gasteiger partial charge in [-0.1, -0.05) is 13.8 Å². The predicted molar refractivity (Wildman–Crippen MR) is 52.6 cm³/mol. The van der Waals surface area contributed by atoms with Crippen molar-refractivity contribution < 1.29 is 9.53 Å². The van der Waals surface area contributed by atoms with E-state index in [1.165, 1.54) is 0 Å². The van der Waals surface area contributed by atoms with Gasteiger partial charge in [-0.05, 0) is 10.9 Å². The van der Waals surface area contributed by atoms with Crippen molar-refractivity contribution in [1.82, 2.24) is 0 Å². The van der Waals surface area contributed by atoms with Crippen LogP contribution < -0.4 is 0 Å². The summed E-state index contributed by atoms with van der Waals surface area (Å²) in [5.74, 6) is 3.61. The molecule has 0 N–H and O–H groups in total. The molecule has 3 heteroatoms. The molecule has 1 fully saturated rings. The number of hydrogen-bond acceptors (Lipinski definition) is 2. The third-order valence-corrected chi connectivity index (χ3v) is 4.20. The first kappa shape index (κ1) is 10.1. The summed E-state index contributed by atoms with van der Waals surface area (Å²) in [4.78, 5) is 11.4. The molecule has 0 aromatic rings. The van der Waals surface area contributed by atoms with Crippen LogP contribution in [0.1, 0.15) is 13.8 Å². The lowest BCUT2D eigenvalue weighted by Gasteiger charge is -2.14. The largest absolute Gasteiger partial charge is 0.372 e. The van der Waals surface area contributed by atoms with Crippen molar-refractivity contribution >= 4 is 16.7 Å². The Kier molecular flexibility index (Phi) is 4.09. The molecule has 70 valence electrons. The molecule has 0 amide bonds. The molecule has 0 aromatic heterocycles. The fraction of sp³-hybridized carbons (Fsp3) is 0.889. The van der Waals surface area contributed by atoms with E-state index in [2.05, 4.69) is 0 Å². The molecule has 0 spiro atoms. The molecule has 1 rings (SSSR count). The van der Waals surface area contributed by atoms with E-state index in [1.54, 1.807) is 0 Å². The summed E-state index contributed by atoms with van der Waals surface area (Å²) in [7, 11) is 0.330. The molecule has 2 nitrogen and oxygen atoms in total. The Bertz CT molecular complexity index is 151. The van der Waals surface area contributed by atoms with E-state index >= 15 is 0 Å². The monoisotopic (exact) mass is 189 g/mol. The fourth-order valence-electron chi connectivity index (χ4n) is 1.07. The fourth-order valence-corrected chi connectivity index (χ4v) is 3.01. The van der Waals surface area contributed by atoms with Gasteiger partial charge >= 0.3 is 0 Å². The van der Waals surface area contributed by atoms with Gasteiger partial charge in [-0.2, -0.15) is 0 Å². The predicted octanol–water partition coefficient (Wildman–Crippen LogP) is 0.860. The summed E-state index contributed by atoms with van der Waals surface area (Å²) in [5.41, 5.74) is 0. The lowest BCUT2D eigenvalue weighted by atomic mass is 10.1. The van der Waals surface area contributed by atoms with Gasteiger partial charge < -0.3 is 4.74 Å². The van der Waals surface area contributed by atoms with Crippen LogP contribution in [0.2, 0.25) is 0 Å². The van der Waals surface area contributed by atoms with Crippen molar-refractivity contribution in [3.63, 3.8) is 0 Å². The zero-order valence-corrected chi connectivity index (χ0v) is 8.65. The zero-order valence-electron chi connectivity index (χ0n) is 7.84. The van der Waals surface area contributed by atoms with Crippen LogP contribution in [0.5, 0.6) is 0 Å². The molecule has 0 aromatic carbocycles.